The SMILES string of the molecule is [Cu+].[NH-]c1c(Cl)ccc2c(Cl)ccnc12. The minimum absolute atomic E-state index is 0. The predicted octanol–water partition coefficient (Wildman–Crippen LogP) is 4.22. The van der Waals surface area contributed by atoms with Crippen molar-refractivity contribution in [2.75, 3.05) is 0 Å². The maximum absolute atomic E-state index is 7.63. The predicted molar refractivity (Wildman–Crippen MR) is 55.7 cm³/mol. The molecule has 2 nitrogen and oxygen atoms in total. The van der Waals surface area contributed by atoms with Crippen LogP contribution in [0, 0.1) is 0 Å². The number of hydrogen-bond donors (Lipinski definition) is 0. The molecular weight excluding hydrogens is 271 g/mol. The molecule has 1 aromatic carbocycles. The molecule has 0 fully saturated rings. The Labute approximate surface area is 102 Å². The van der Waals surface area contributed by atoms with Crippen LogP contribution >= 0.6 is 23.2 Å². The van der Waals surface area contributed by atoms with Crippen LogP contribution in [0.5, 0.6) is 0 Å². The van der Waals surface area contributed by atoms with Crippen LogP contribution < -0.4 is 0 Å². The van der Waals surface area contributed by atoms with Gasteiger partial charge in [0.05, 0.1) is 10.5 Å². The van der Waals surface area contributed by atoms with Crippen molar-refractivity contribution in [2.24, 2.45) is 0 Å². The number of benzene rings is 1. The van der Waals surface area contributed by atoms with Gasteiger partial charge in [-0.2, -0.15) is 0 Å². The topological polar surface area (TPSA) is 36.7 Å². The molecule has 0 aliphatic heterocycles. The average Bonchev–Trinajstić information content (AvgIpc) is 2.12. The van der Waals surface area contributed by atoms with Gasteiger partial charge in [0, 0.05) is 16.6 Å². The van der Waals surface area contributed by atoms with E-state index < -0.39 is 0 Å². The number of fused-ring (bicyclic) bond motifs is 1. The Bertz CT molecular complexity index is 474. The van der Waals surface area contributed by atoms with E-state index in [1.165, 1.54) is 0 Å². The van der Waals surface area contributed by atoms with E-state index in [4.69, 9.17) is 28.9 Å². The first-order valence-electron chi connectivity index (χ1n) is 3.64. The molecule has 1 N–H and O–H groups in total. The van der Waals surface area contributed by atoms with Gasteiger partial charge in [-0.15, -0.1) is 0 Å². The molecule has 0 aliphatic rings. The fourth-order valence-electron chi connectivity index (χ4n) is 1.16. The molecule has 0 bridgehead atoms. The van der Waals surface area contributed by atoms with Crippen LogP contribution in [0.15, 0.2) is 24.4 Å². The zero-order valence-corrected chi connectivity index (χ0v) is 9.27. The quantitative estimate of drug-likeness (QED) is 0.663. The molecule has 0 radical (unpaired) electrons. The third-order valence-corrected chi connectivity index (χ3v) is 2.45. The maximum atomic E-state index is 7.63. The van der Waals surface area contributed by atoms with Crippen molar-refractivity contribution < 1.29 is 17.1 Å². The Kier molecular flexibility index (Phi) is 3.62. The molecule has 0 spiro atoms. The van der Waals surface area contributed by atoms with Crippen molar-refractivity contribution in [2.45, 2.75) is 0 Å². The van der Waals surface area contributed by atoms with E-state index in [9.17, 15) is 0 Å². The molecule has 0 saturated heterocycles. The molecular formula is C9H5Cl2CuN2. The molecule has 0 aliphatic carbocycles. The Morgan fingerprint density at radius 3 is 2.50 bits per heavy atom. The van der Waals surface area contributed by atoms with Crippen molar-refractivity contribution in [3.63, 3.8) is 0 Å². The molecule has 1 heterocycles. The van der Waals surface area contributed by atoms with Crippen LogP contribution in [0.1, 0.15) is 0 Å². The Hall–Kier alpha value is -0.471. The number of hydrogen-bond acceptors (Lipinski definition) is 1. The summed E-state index contributed by atoms with van der Waals surface area (Å²) in [7, 11) is 0. The summed E-state index contributed by atoms with van der Waals surface area (Å²) in [4.78, 5) is 4.05. The number of aromatic nitrogens is 1. The third-order valence-electron chi connectivity index (χ3n) is 1.81. The zero-order valence-electron chi connectivity index (χ0n) is 6.81. The second-order valence-corrected chi connectivity index (χ2v) is 3.43. The monoisotopic (exact) mass is 274 g/mol. The van der Waals surface area contributed by atoms with Gasteiger partial charge in [-0.1, -0.05) is 28.9 Å². The minimum Gasteiger partial charge on any atom is -0.696 e. The second kappa shape index (κ2) is 4.37. The summed E-state index contributed by atoms with van der Waals surface area (Å²) in [6, 6.07) is 5.11. The molecule has 14 heavy (non-hydrogen) atoms. The van der Waals surface area contributed by atoms with Crippen LogP contribution in [0.2, 0.25) is 10.0 Å². The number of nitrogens with one attached hydrogen (secondary N) is 1. The van der Waals surface area contributed by atoms with Crippen molar-refractivity contribution in [3.8, 4) is 0 Å². The molecule has 0 atom stereocenters. The molecule has 5 heteroatoms. The number of halogens is 2. The molecule has 0 amide bonds. The maximum Gasteiger partial charge on any atom is 1.00 e. The van der Waals surface area contributed by atoms with Crippen LogP contribution in [0.3, 0.4) is 0 Å². The van der Waals surface area contributed by atoms with Gasteiger partial charge in [-0.05, 0) is 18.2 Å². The van der Waals surface area contributed by atoms with Crippen molar-refractivity contribution >= 4 is 39.8 Å². The van der Waals surface area contributed by atoms with Gasteiger partial charge in [-0.3, -0.25) is 4.98 Å². The molecule has 1 aromatic heterocycles. The standard InChI is InChI=1S/C9H5Cl2N2.Cu/c10-6-3-4-13-9-5(6)1-2-7(11)8(9)12;/h1-4,12H;/q-1;+1. The van der Waals surface area contributed by atoms with Crippen LogP contribution in [-0.4, -0.2) is 4.98 Å². The van der Waals surface area contributed by atoms with E-state index in [2.05, 4.69) is 4.98 Å². The first-order valence-corrected chi connectivity index (χ1v) is 4.40. The Balaban J connectivity index is 0.000000980. The van der Waals surface area contributed by atoms with E-state index in [1.54, 1.807) is 24.4 Å². The first-order chi connectivity index (χ1) is 6.20. The summed E-state index contributed by atoms with van der Waals surface area (Å²) < 4.78 is 0. The van der Waals surface area contributed by atoms with Gasteiger partial charge in [0.2, 0.25) is 0 Å². The Morgan fingerprint density at radius 2 is 1.79 bits per heavy atom. The zero-order chi connectivity index (χ0) is 9.42. The van der Waals surface area contributed by atoms with Gasteiger partial charge in [0.15, 0.2) is 0 Å². The van der Waals surface area contributed by atoms with E-state index in [1.807, 2.05) is 0 Å². The first kappa shape index (κ1) is 11.6. The summed E-state index contributed by atoms with van der Waals surface area (Å²) >= 11 is 11.7. The number of nitrogens with zero attached hydrogens (tertiary/aromatic N) is 1. The minimum atomic E-state index is 0. The summed E-state index contributed by atoms with van der Waals surface area (Å²) in [5, 5.41) is 1.75. The summed E-state index contributed by atoms with van der Waals surface area (Å²) in [5.74, 6) is 0. The van der Waals surface area contributed by atoms with E-state index in [0.29, 0.717) is 15.6 Å². The van der Waals surface area contributed by atoms with Crippen molar-refractivity contribution in [3.05, 3.63) is 40.2 Å². The summed E-state index contributed by atoms with van der Waals surface area (Å²) in [5.41, 5.74) is 8.40. The number of rotatable bonds is 0. The third kappa shape index (κ3) is 1.82. The van der Waals surface area contributed by atoms with Crippen LogP contribution in [0.4, 0.5) is 5.69 Å². The van der Waals surface area contributed by atoms with Gasteiger partial charge in [-0.25, -0.2) is 0 Å². The molecule has 0 unspecified atom stereocenters. The van der Waals surface area contributed by atoms with Crippen LogP contribution in [0.25, 0.3) is 16.6 Å². The van der Waals surface area contributed by atoms with E-state index in [-0.39, 0.29) is 22.8 Å². The fourth-order valence-corrected chi connectivity index (χ4v) is 1.52. The molecule has 2 rings (SSSR count). The summed E-state index contributed by atoms with van der Waals surface area (Å²) in [6.07, 6.45) is 1.57. The van der Waals surface area contributed by atoms with Crippen molar-refractivity contribution in [1.29, 1.82) is 0 Å². The van der Waals surface area contributed by atoms with Crippen LogP contribution in [-0.2, 0) is 17.1 Å². The Morgan fingerprint density at radius 1 is 1.07 bits per heavy atom. The fraction of sp³-hybridized carbons (Fsp3) is 0. The van der Waals surface area contributed by atoms with Gasteiger partial charge in [0.1, 0.15) is 0 Å². The largest absolute Gasteiger partial charge is 1.00 e. The second-order valence-electron chi connectivity index (χ2n) is 2.61. The molecule has 76 valence electrons. The van der Waals surface area contributed by atoms with Gasteiger partial charge in [0.25, 0.3) is 0 Å². The normalized spacial score (nSPS) is 9.86. The van der Waals surface area contributed by atoms with E-state index in [0.717, 1.165) is 5.39 Å². The van der Waals surface area contributed by atoms with Gasteiger partial charge >= 0.3 is 17.1 Å². The smallest absolute Gasteiger partial charge is 0.696 e. The summed E-state index contributed by atoms with van der Waals surface area (Å²) in [6.45, 7) is 0. The van der Waals surface area contributed by atoms with Gasteiger partial charge < -0.3 is 5.73 Å². The molecule has 2 aromatic rings. The van der Waals surface area contributed by atoms with Crippen molar-refractivity contribution in [1.82, 2.24) is 4.98 Å². The van der Waals surface area contributed by atoms with E-state index >= 15 is 0 Å². The average molecular weight is 276 g/mol. The number of pyridine rings is 1. The molecule has 0 saturated carbocycles.